The Balaban J connectivity index is 2.09. The van der Waals surface area contributed by atoms with E-state index in [0.717, 1.165) is 17.9 Å². The Morgan fingerprint density at radius 3 is 3.06 bits per heavy atom. The van der Waals surface area contributed by atoms with Crippen molar-refractivity contribution in [2.75, 3.05) is 5.32 Å². The average molecular weight is 217 g/mol. The highest BCUT2D eigenvalue weighted by Gasteiger charge is 2.04. The van der Waals surface area contributed by atoms with E-state index in [4.69, 9.17) is 0 Å². The molecule has 0 bridgehead atoms. The highest BCUT2D eigenvalue weighted by atomic mass is 15.3. The zero-order valence-electron chi connectivity index (χ0n) is 9.46. The first kappa shape index (κ1) is 10.6. The zero-order valence-corrected chi connectivity index (χ0v) is 9.46. The van der Waals surface area contributed by atoms with Gasteiger partial charge in [0.2, 0.25) is 0 Å². The Bertz CT molecular complexity index is 437. The van der Waals surface area contributed by atoms with Crippen LogP contribution in [0.1, 0.15) is 26.3 Å². The third kappa shape index (κ3) is 2.36. The molecule has 5 nitrogen and oxygen atoms in total. The molecule has 1 unspecified atom stereocenters. The van der Waals surface area contributed by atoms with Crippen LogP contribution in [-0.2, 0) is 0 Å². The predicted molar refractivity (Wildman–Crippen MR) is 62.5 cm³/mol. The van der Waals surface area contributed by atoms with Gasteiger partial charge in [-0.2, -0.15) is 5.10 Å². The monoisotopic (exact) mass is 217 g/mol. The fourth-order valence-electron chi connectivity index (χ4n) is 1.34. The fourth-order valence-corrected chi connectivity index (χ4v) is 1.34. The van der Waals surface area contributed by atoms with Crippen molar-refractivity contribution in [2.24, 2.45) is 0 Å². The summed E-state index contributed by atoms with van der Waals surface area (Å²) in [6.45, 7) is 4.28. The van der Waals surface area contributed by atoms with Crippen molar-refractivity contribution in [1.29, 1.82) is 0 Å². The lowest BCUT2D eigenvalue weighted by molar-refractivity contribution is 0.478. The van der Waals surface area contributed by atoms with Crippen molar-refractivity contribution in [2.45, 2.75) is 26.3 Å². The van der Waals surface area contributed by atoms with E-state index in [2.05, 4.69) is 34.2 Å². The van der Waals surface area contributed by atoms with Crippen LogP contribution in [0.15, 0.2) is 31.0 Å². The molecule has 5 heteroatoms. The lowest BCUT2D eigenvalue weighted by Crippen LogP contribution is -2.03. The molecule has 0 fully saturated rings. The van der Waals surface area contributed by atoms with E-state index < -0.39 is 0 Å². The number of anilines is 2. The number of hydrogen-bond acceptors (Lipinski definition) is 4. The van der Waals surface area contributed by atoms with Crippen LogP contribution in [0, 0.1) is 0 Å². The molecule has 0 spiro atoms. The number of rotatable bonds is 4. The Morgan fingerprint density at radius 1 is 1.50 bits per heavy atom. The highest BCUT2D eigenvalue weighted by Crippen LogP contribution is 2.16. The quantitative estimate of drug-likeness (QED) is 0.854. The molecule has 1 N–H and O–H groups in total. The van der Waals surface area contributed by atoms with E-state index in [1.807, 2.05) is 16.9 Å². The Morgan fingerprint density at radius 2 is 2.38 bits per heavy atom. The first-order chi connectivity index (χ1) is 7.79. The molecule has 2 heterocycles. The summed E-state index contributed by atoms with van der Waals surface area (Å²) in [5.41, 5.74) is 0.944. The first-order valence-electron chi connectivity index (χ1n) is 5.36. The van der Waals surface area contributed by atoms with Crippen molar-refractivity contribution >= 4 is 11.5 Å². The Labute approximate surface area is 94.5 Å². The van der Waals surface area contributed by atoms with Crippen LogP contribution < -0.4 is 5.32 Å². The van der Waals surface area contributed by atoms with Crippen LogP contribution in [0.4, 0.5) is 11.5 Å². The Hall–Kier alpha value is -1.91. The molecular weight excluding hydrogens is 202 g/mol. The minimum Gasteiger partial charge on any atom is -0.338 e. The molecule has 0 saturated carbocycles. The maximum atomic E-state index is 4.29. The van der Waals surface area contributed by atoms with Gasteiger partial charge in [0.15, 0.2) is 0 Å². The smallest absolute Gasteiger partial charge is 0.133 e. The third-order valence-corrected chi connectivity index (χ3v) is 2.50. The van der Waals surface area contributed by atoms with Gasteiger partial charge in [-0.25, -0.2) is 9.97 Å². The van der Waals surface area contributed by atoms with Crippen molar-refractivity contribution in [3.05, 3.63) is 31.0 Å². The van der Waals surface area contributed by atoms with Crippen molar-refractivity contribution in [1.82, 2.24) is 19.7 Å². The van der Waals surface area contributed by atoms with Crippen molar-refractivity contribution in [3.63, 3.8) is 0 Å². The maximum absolute atomic E-state index is 4.29. The van der Waals surface area contributed by atoms with Gasteiger partial charge in [0.1, 0.15) is 12.1 Å². The second-order valence-electron chi connectivity index (χ2n) is 3.69. The van der Waals surface area contributed by atoms with Gasteiger partial charge in [-0.1, -0.05) is 6.92 Å². The lowest BCUT2D eigenvalue weighted by atomic mass is 10.3. The number of nitrogens with one attached hydrogen (secondary N) is 1. The minimum absolute atomic E-state index is 0.418. The molecular formula is C11H15N5. The standard InChI is InChI=1S/C11H15N5/c1-3-9(2)16-7-10(6-14-16)15-11-4-5-12-8-13-11/h4-9H,3H2,1-2H3,(H,12,13,15). The normalized spacial score (nSPS) is 12.4. The van der Waals surface area contributed by atoms with Gasteiger partial charge < -0.3 is 5.32 Å². The third-order valence-electron chi connectivity index (χ3n) is 2.50. The van der Waals surface area contributed by atoms with Gasteiger partial charge in [-0.05, 0) is 19.4 Å². The van der Waals surface area contributed by atoms with Gasteiger partial charge in [0.05, 0.1) is 11.9 Å². The van der Waals surface area contributed by atoms with E-state index in [1.165, 1.54) is 6.33 Å². The summed E-state index contributed by atoms with van der Waals surface area (Å²) < 4.78 is 1.95. The van der Waals surface area contributed by atoms with Crippen LogP contribution in [0.5, 0.6) is 0 Å². The molecule has 1 atom stereocenters. The number of aromatic nitrogens is 4. The van der Waals surface area contributed by atoms with Crippen LogP contribution in [0.2, 0.25) is 0 Å². The van der Waals surface area contributed by atoms with Gasteiger partial charge in [0, 0.05) is 18.4 Å². The van der Waals surface area contributed by atoms with Crippen LogP contribution >= 0.6 is 0 Å². The molecule has 2 aromatic rings. The predicted octanol–water partition coefficient (Wildman–Crippen LogP) is 2.39. The number of hydrogen-bond donors (Lipinski definition) is 1. The SMILES string of the molecule is CCC(C)n1cc(Nc2ccncn2)cn1. The lowest BCUT2D eigenvalue weighted by Gasteiger charge is -2.07. The molecule has 0 aliphatic rings. The zero-order chi connectivity index (χ0) is 11.4. The van der Waals surface area contributed by atoms with Crippen LogP contribution in [0.3, 0.4) is 0 Å². The summed E-state index contributed by atoms with van der Waals surface area (Å²) in [7, 11) is 0. The van der Waals surface area contributed by atoms with Crippen molar-refractivity contribution in [3.8, 4) is 0 Å². The average Bonchev–Trinajstić information content (AvgIpc) is 2.78. The molecule has 0 aromatic carbocycles. The highest BCUT2D eigenvalue weighted by molar-refractivity contribution is 5.52. The summed E-state index contributed by atoms with van der Waals surface area (Å²) in [6.07, 6.45) is 8.06. The first-order valence-corrected chi connectivity index (χ1v) is 5.36. The van der Waals surface area contributed by atoms with E-state index in [-0.39, 0.29) is 0 Å². The number of nitrogens with zero attached hydrogens (tertiary/aromatic N) is 4. The summed E-state index contributed by atoms with van der Waals surface area (Å²) in [4.78, 5) is 7.95. The summed E-state index contributed by atoms with van der Waals surface area (Å²) in [5.74, 6) is 0.777. The van der Waals surface area contributed by atoms with Gasteiger partial charge in [-0.3, -0.25) is 4.68 Å². The Kier molecular flexibility index (Phi) is 3.14. The van der Waals surface area contributed by atoms with Crippen LogP contribution in [-0.4, -0.2) is 19.7 Å². The fraction of sp³-hybridized carbons (Fsp3) is 0.364. The largest absolute Gasteiger partial charge is 0.338 e. The van der Waals surface area contributed by atoms with Crippen LogP contribution in [0.25, 0.3) is 0 Å². The second-order valence-corrected chi connectivity index (χ2v) is 3.69. The minimum atomic E-state index is 0.418. The molecule has 2 aromatic heterocycles. The van der Waals surface area contributed by atoms with E-state index in [0.29, 0.717) is 6.04 Å². The summed E-state index contributed by atoms with van der Waals surface area (Å²) in [5, 5.41) is 7.46. The molecule has 0 aliphatic carbocycles. The van der Waals surface area contributed by atoms with Crippen molar-refractivity contribution < 1.29 is 0 Å². The topological polar surface area (TPSA) is 55.6 Å². The van der Waals surface area contributed by atoms with E-state index in [9.17, 15) is 0 Å². The molecule has 16 heavy (non-hydrogen) atoms. The van der Waals surface area contributed by atoms with E-state index >= 15 is 0 Å². The van der Waals surface area contributed by atoms with Gasteiger partial charge in [0.25, 0.3) is 0 Å². The second kappa shape index (κ2) is 4.74. The molecule has 0 aliphatic heterocycles. The molecule has 84 valence electrons. The molecule has 2 rings (SSSR count). The van der Waals surface area contributed by atoms with Gasteiger partial charge in [-0.15, -0.1) is 0 Å². The van der Waals surface area contributed by atoms with E-state index in [1.54, 1.807) is 12.4 Å². The maximum Gasteiger partial charge on any atom is 0.133 e. The van der Waals surface area contributed by atoms with Gasteiger partial charge >= 0.3 is 0 Å². The summed E-state index contributed by atoms with van der Waals surface area (Å²) >= 11 is 0. The molecule has 0 radical (unpaired) electrons. The molecule has 0 amide bonds. The summed E-state index contributed by atoms with van der Waals surface area (Å²) in [6, 6.07) is 2.24. The molecule has 0 saturated heterocycles.